The zero-order chi connectivity index (χ0) is 50.0. The third kappa shape index (κ3) is 10.4. The average Bonchev–Trinajstić information content (AvgIpc) is 4.13. The number of nitrogens with zero attached hydrogens (tertiary/aromatic N) is 10. The zero-order valence-corrected chi connectivity index (χ0v) is 42.2. The lowest BCUT2D eigenvalue weighted by molar-refractivity contribution is -0.144. The van der Waals surface area contributed by atoms with E-state index in [0.29, 0.717) is 74.4 Å². The Labute approximate surface area is 426 Å². The van der Waals surface area contributed by atoms with Crippen LogP contribution in [0, 0.1) is 25.7 Å². The molecule has 3 fully saturated rings. The molecule has 5 aromatic rings. The number of likely N-dealkylation sites (tertiary alicyclic amines) is 1. The summed E-state index contributed by atoms with van der Waals surface area (Å²) in [7, 11) is 2.07. The highest BCUT2D eigenvalue weighted by Crippen LogP contribution is 2.40. The van der Waals surface area contributed by atoms with Gasteiger partial charge < -0.3 is 24.8 Å². The molecule has 10 rings (SSSR count). The number of fused-ring (bicyclic) bond motifs is 4. The van der Waals surface area contributed by atoms with Gasteiger partial charge >= 0.3 is 5.97 Å². The van der Waals surface area contributed by atoms with E-state index in [1.54, 1.807) is 33.2 Å². The van der Waals surface area contributed by atoms with Crippen molar-refractivity contribution in [2.45, 2.75) is 90.0 Å². The number of hydrogen-bond donors (Lipinski definition) is 2. The number of likely N-dealkylation sites (N-methyl/N-ethyl adjacent to an activating group) is 1. The first-order valence-electron chi connectivity index (χ1n) is 24.7. The number of nitrogens with one attached hydrogen (secondary N) is 2. The number of aromatic nitrogens is 5. The summed E-state index contributed by atoms with van der Waals surface area (Å²) >= 11 is 7.89. The molecule has 20 heteroatoms. The average molecular weight is 1010 g/mol. The number of carbonyl (C=O) groups excluding carboxylic acids is 5. The molecule has 3 aromatic heterocycles. The number of ether oxygens (including phenoxy) is 1. The Morgan fingerprint density at radius 1 is 0.958 bits per heavy atom. The van der Waals surface area contributed by atoms with E-state index in [1.807, 2.05) is 65.9 Å². The standard InChI is InChI=1S/C52H57ClN12O6S/c1-32-43(72-52-47(32)48(35-10-12-36(53)13-11-35)56-41(49-59-58-33(2)65(49)52)28-45(67)62-24-22-60(3)23-25-62)15-9-34-29-54-63(30-34)19-5-8-46(68)71-27-26-61-20-17-37(18-21-61)55-40-7-4-6-38-39(40)31-64(51(38)70)42-14-16-44(66)57-50(42)69/h4,6-7,10-13,29-30,37,41-42,55H,5,8,14,16-28,31H2,1-3H3,(H,57,66,69)/t41-,42?/m0/s1. The van der Waals surface area contributed by atoms with Gasteiger partial charge in [-0.2, -0.15) is 5.10 Å². The smallest absolute Gasteiger partial charge is 0.305 e. The molecule has 0 bridgehead atoms. The molecular formula is C52H57ClN12O6S. The molecule has 0 radical (unpaired) electrons. The topological polar surface area (TPSA) is 192 Å². The highest BCUT2D eigenvalue weighted by atomic mass is 35.5. The van der Waals surface area contributed by atoms with Gasteiger partial charge in [0, 0.05) is 117 Å². The zero-order valence-electron chi connectivity index (χ0n) is 40.7. The van der Waals surface area contributed by atoms with Crippen molar-refractivity contribution in [3.05, 3.63) is 110 Å². The first-order chi connectivity index (χ1) is 34.9. The molecule has 2 aromatic carbocycles. The van der Waals surface area contributed by atoms with Gasteiger partial charge in [0.25, 0.3) is 5.91 Å². The molecule has 374 valence electrons. The number of carbonyl (C=O) groups is 5. The van der Waals surface area contributed by atoms with Crippen LogP contribution in [0.3, 0.4) is 0 Å². The van der Waals surface area contributed by atoms with Gasteiger partial charge in [0.15, 0.2) is 5.82 Å². The van der Waals surface area contributed by atoms with Crippen molar-refractivity contribution in [3.63, 3.8) is 0 Å². The normalized spacial score (nSPS) is 19.4. The molecule has 0 saturated carbocycles. The Bertz CT molecular complexity index is 3010. The molecule has 1 unspecified atom stereocenters. The molecule has 0 spiro atoms. The van der Waals surface area contributed by atoms with Gasteiger partial charge in [-0.3, -0.25) is 48.4 Å². The minimum atomic E-state index is -0.651. The van der Waals surface area contributed by atoms with Gasteiger partial charge in [-0.15, -0.1) is 21.5 Å². The number of piperazine rings is 1. The van der Waals surface area contributed by atoms with Gasteiger partial charge in [-0.05, 0) is 76.4 Å². The number of halogens is 1. The van der Waals surface area contributed by atoms with Crippen molar-refractivity contribution in [1.82, 2.24) is 49.5 Å². The highest BCUT2D eigenvalue weighted by molar-refractivity contribution is 7.15. The molecular weight excluding hydrogens is 956 g/mol. The second-order valence-corrected chi connectivity index (χ2v) is 20.6. The number of aryl methyl sites for hydroxylation is 2. The van der Waals surface area contributed by atoms with Gasteiger partial charge in [0.05, 0.1) is 28.8 Å². The maximum Gasteiger partial charge on any atom is 0.305 e. The van der Waals surface area contributed by atoms with Crippen molar-refractivity contribution in [2.75, 3.05) is 64.8 Å². The molecule has 2 atom stereocenters. The molecule has 72 heavy (non-hydrogen) atoms. The largest absolute Gasteiger partial charge is 0.464 e. The minimum Gasteiger partial charge on any atom is -0.464 e. The monoisotopic (exact) mass is 1010 g/mol. The van der Waals surface area contributed by atoms with E-state index in [2.05, 4.69) is 54.6 Å². The number of hydrogen-bond acceptors (Lipinski definition) is 14. The van der Waals surface area contributed by atoms with Crippen LogP contribution < -0.4 is 10.6 Å². The summed E-state index contributed by atoms with van der Waals surface area (Å²) in [5.74, 6) is 6.92. The second kappa shape index (κ2) is 21.2. The number of amides is 4. The van der Waals surface area contributed by atoms with Crippen molar-refractivity contribution in [3.8, 4) is 16.8 Å². The van der Waals surface area contributed by atoms with Crippen LogP contribution in [0.2, 0.25) is 5.02 Å². The maximum atomic E-state index is 13.7. The minimum absolute atomic E-state index is 0.0434. The number of esters is 1. The summed E-state index contributed by atoms with van der Waals surface area (Å²) in [5.41, 5.74) is 6.62. The van der Waals surface area contributed by atoms with E-state index in [-0.39, 0.29) is 49.0 Å². The Morgan fingerprint density at radius 2 is 1.75 bits per heavy atom. The van der Waals surface area contributed by atoms with E-state index >= 15 is 0 Å². The second-order valence-electron chi connectivity index (χ2n) is 19.1. The van der Waals surface area contributed by atoms with Gasteiger partial charge in [0.2, 0.25) is 17.7 Å². The SMILES string of the molecule is Cc1c(C#Cc2cnn(CCCC(=O)OCCN3CCC(Nc4cccc5c4CN(C4CCC(=O)NC4=O)C5=O)CC3)c2)sc2c1C(c1ccc(Cl)cc1)=N[C@@H](CC(=O)N1CCN(C)CC1)c1nnc(C)n1-2. The predicted octanol–water partition coefficient (Wildman–Crippen LogP) is 4.91. The fourth-order valence-corrected chi connectivity index (χ4v) is 11.5. The van der Waals surface area contributed by atoms with Gasteiger partial charge in [-0.25, -0.2) is 0 Å². The van der Waals surface area contributed by atoms with Crippen LogP contribution in [0.15, 0.2) is 59.9 Å². The summed E-state index contributed by atoms with van der Waals surface area (Å²) < 4.78 is 9.45. The van der Waals surface area contributed by atoms with Gasteiger partial charge in [0.1, 0.15) is 29.5 Å². The Hall–Kier alpha value is -6.72. The van der Waals surface area contributed by atoms with Crippen LogP contribution in [0.4, 0.5) is 5.69 Å². The maximum absolute atomic E-state index is 13.7. The number of rotatable bonds is 13. The summed E-state index contributed by atoms with van der Waals surface area (Å²) in [6.45, 7) is 10.5. The van der Waals surface area contributed by atoms with E-state index in [4.69, 9.17) is 21.3 Å². The van der Waals surface area contributed by atoms with Crippen LogP contribution >= 0.6 is 22.9 Å². The predicted molar refractivity (Wildman–Crippen MR) is 271 cm³/mol. The van der Waals surface area contributed by atoms with Crippen molar-refractivity contribution < 1.29 is 28.7 Å². The number of anilines is 1. The van der Waals surface area contributed by atoms with Gasteiger partial charge in [-0.1, -0.05) is 41.6 Å². The first kappa shape index (κ1) is 48.9. The molecule has 0 aliphatic carbocycles. The van der Waals surface area contributed by atoms with E-state index in [0.717, 1.165) is 88.1 Å². The van der Waals surface area contributed by atoms with Crippen molar-refractivity contribution in [2.24, 2.45) is 4.99 Å². The summed E-state index contributed by atoms with van der Waals surface area (Å²) in [4.78, 5) is 78.2. The third-order valence-corrected chi connectivity index (χ3v) is 15.7. The lowest BCUT2D eigenvalue weighted by Crippen LogP contribution is -2.52. The number of aliphatic imine (C=N–C) groups is 1. The molecule has 18 nitrogen and oxygen atoms in total. The number of benzene rings is 2. The van der Waals surface area contributed by atoms with Crippen LogP contribution in [0.1, 0.15) is 106 Å². The van der Waals surface area contributed by atoms with Crippen LogP contribution in [-0.2, 0) is 37.0 Å². The number of piperidine rings is 2. The Morgan fingerprint density at radius 3 is 2.53 bits per heavy atom. The lowest BCUT2D eigenvalue weighted by atomic mass is 9.99. The summed E-state index contributed by atoms with van der Waals surface area (Å²) in [6, 6.07) is 12.3. The van der Waals surface area contributed by atoms with E-state index in [1.165, 1.54) is 0 Å². The van der Waals surface area contributed by atoms with Crippen LogP contribution in [0.5, 0.6) is 0 Å². The van der Waals surface area contributed by atoms with E-state index < -0.39 is 18.0 Å². The van der Waals surface area contributed by atoms with Crippen molar-refractivity contribution in [1.29, 1.82) is 0 Å². The summed E-state index contributed by atoms with van der Waals surface area (Å²) in [6.07, 6.45) is 6.95. The first-order valence-corrected chi connectivity index (χ1v) is 25.9. The molecule has 3 saturated heterocycles. The van der Waals surface area contributed by atoms with Crippen LogP contribution in [0.25, 0.3) is 5.00 Å². The number of thiophene rings is 1. The third-order valence-electron chi connectivity index (χ3n) is 14.3. The quantitative estimate of drug-likeness (QED) is 0.0922. The molecule has 8 heterocycles. The number of imide groups is 1. The molecule has 2 N–H and O–H groups in total. The molecule has 5 aliphatic heterocycles. The Kier molecular flexibility index (Phi) is 14.4. The van der Waals surface area contributed by atoms with E-state index in [9.17, 15) is 24.0 Å². The molecule has 5 aliphatic rings. The highest BCUT2D eigenvalue weighted by Gasteiger charge is 2.40. The molecule has 4 amide bonds. The van der Waals surface area contributed by atoms with Crippen molar-refractivity contribution >= 4 is 63.9 Å². The van der Waals surface area contributed by atoms with Crippen LogP contribution in [-0.4, -0.2) is 151 Å². The summed E-state index contributed by atoms with van der Waals surface area (Å²) in [5, 5.41) is 21.1. The Balaban J connectivity index is 0.708. The fraction of sp³-hybridized carbons (Fsp3) is 0.442. The lowest BCUT2D eigenvalue weighted by Gasteiger charge is -2.33. The fourth-order valence-electron chi connectivity index (χ4n) is 10.2.